The van der Waals surface area contributed by atoms with Gasteiger partial charge in [0.25, 0.3) is 0 Å². The fraction of sp³-hybridized carbons (Fsp3) is 0.462. The third kappa shape index (κ3) is 4.87. The molecule has 0 heterocycles. The monoisotopic (exact) mass is 235 g/mol. The third-order valence-electron chi connectivity index (χ3n) is 2.63. The van der Waals surface area contributed by atoms with Crippen molar-refractivity contribution in [3.63, 3.8) is 0 Å². The van der Waals surface area contributed by atoms with E-state index in [1.54, 1.807) is 0 Å². The molecular weight excluding hydrogens is 214 g/mol. The molecule has 0 aliphatic carbocycles. The molecule has 94 valence electrons. The highest BCUT2D eigenvalue weighted by Gasteiger charge is 2.07. The molecule has 4 N–H and O–H groups in total. The number of carbonyl (C=O) groups is 1. The number of aryl methyl sites for hydroxylation is 1. The molecule has 0 spiro atoms. The molecule has 1 rings (SSSR count). The SMILES string of the molecule is Cc1cccc(N(CCCN)CCC(N)=O)c1. The van der Waals surface area contributed by atoms with Crippen molar-refractivity contribution in [1.82, 2.24) is 0 Å². The first-order valence-electron chi connectivity index (χ1n) is 5.93. The van der Waals surface area contributed by atoms with Crippen molar-refractivity contribution in [2.45, 2.75) is 19.8 Å². The molecule has 0 atom stereocenters. The number of benzene rings is 1. The summed E-state index contributed by atoms with van der Waals surface area (Å²) in [6, 6.07) is 8.23. The molecule has 0 radical (unpaired) electrons. The molecule has 0 aliphatic heterocycles. The zero-order valence-electron chi connectivity index (χ0n) is 10.4. The molecule has 0 fully saturated rings. The summed E-state index contributed by atoms with van der Waals surface area (Å²) in [5.41, 5.74) is 13.0. The van der Waals surface area contributed by atoms with E-state index in [9.17, 15) is 4.79 Å². The molecule has 0 aliphatic rings. The van der Waals surface area contributed by atoms with Gasteiger partial charge in [-0.15, -0.1) is 0 Å². The van der Waals surface area contributed by atoms with Crippen molar-refractivity contribution < 1.29 is 4.79 Å². The standard InChI is InChI=1S/C13H21N3O/c1-11-4-2-5-12(10-11)16(8-3-7-14)9-6-13(15)17/h2,4-5,10H,3,6-9,14H2,1H3,(H2,15,17). The minimum Gasteiger partial charge on any atom is -0.371 e. The molecule has 1 aromatic rings. The Balaban J connectivity index is 2.70. The topological polar surface area (TPSA) is 72.3 Å². The van der Waals surface area contributed by atoms with Gasteiger partial charge in [-0.3, -0.25) is 4.79 Å². The number of anilines is 1. The Bertz CT molecular complexity index is 365. The molecule has 0 saturated heterocycles. The van der Waals surface area contributed by atoms with Gasteiger partial charge in [0.05, 0.1) is 0 Å². The van der Waals surface area contributed by atoms with Crippen LogP contribution in [0.4, 0.5) is 5.69 Å². The van der Waals surface area contributed by atoms with Gasteiger partial charge in [0.15, 0.2) is 0 Å². The van der Waals surface area contributed by atoms with Crippen molar-refractivity contribution in [2.24, 2.45) is 11.5 Å². The first kappa shape index (κ1) is 13.5. The van der Waals surface area contributed by atoms with Crippen molar-refractivity contribution in [2.75, 3.05) is 24.5 Å². The number of amides is 1. The summed E-state index contributed by atoms with van der Waals surface area (Å²) in [6.07, 6.45) is 1.28. The Hall–Kier alpha value is -1.55. The Morgan fingerprint density at radius 3 is 2.71 bits per heavy atom. The first-order chi connectivity index (χ1) is 8.13. The lowest BCUT2D eigenvalue weighted by Crippen LogP contribution is -2.30. The van der Waals surface area contributed by atoms with Crippen LogP contribution >= 0.6 is 0 Å². The summed E-state index contributed by atoms with van der Waals surface area (Å²) in [7, 11) is 0. The van der Waals surface area contributed by atoms with Crippen molar-refractivity contribution in [1.29, 1.82) is 0 Å². The van der Waals surface area contributed by atoms with Crippen LogP contribution in [0.1, 0.15) is 18.4 Å². The maximum atomic E-state index is 10.8. The second-order valence-corrected chi connectivity index (χ2v) is 4.18. The van der Waals surface area contributed by atoms with Gasteiger partial charge < -0.3 is 16.4 Å². The van der Waals surface area contributed by atoms with Crippen molar-refractivity contribution in [3.05, 3.63) is 29.8 Å². The number of rotatable bonds is 7. The molecule has 4 nitrogen and oxygen atoms in total. The molecule has 0 aromatic heterocycles. The fourth-order valence-corrected chi connectivity index (χ4v) is 1.72. The van der Waals surface area contributed by atoms with Crippen LogP contribution in [0.25, 0.3) is 0 Å². The Kier molecular flexibility index (Phi) is 5.49. The summed E-state index contributed by atoms with van der Waals surface area (Å²) in [5, 5.41) is 0. The number of primary amides is 1. The quantitative estimate of drug-likeness (QED) is 0.741. The van der Waals surface area contributed by atoms with Gasteiger partial charge in [0.1, 0.15) is 0 Å². The number of hydrogen-bond acceptors (Lipinski definition) is 3. The minimum absolute atomic E-state index is 0.268. The van der Waals surface area contributed by atoms with Gasteiger partial charge in [-0.05, 0) is 37.6 Å². The normalized spacial score (nSPS) is 10.2. The van der Waals surface area contributed by atoms with Crippen LogP contribution in [0.15, 0.2) is 24.3 Å². The van der Waals surface area contributed by atoms with Crippen LogP contribution in [0.3, 0.4) is 0 Å². The lowest BCUT2D eigenvalue weighted by Gasteiger charge is -2.24. The van der Waals surface area contributed by atoms with E-state index in [-0.39, 0.29) is 5.91 Å². The fourth-order valence-electron chi connectivity index (χ4n) is 1.72. The Labute approximate surface area is 103 Å². The highest BCUT2D eigenvalue weighted by molar-refractivity contribution is 5.74. The maximum absolute atomic E-state index is 10.8. The molecule has 0 unspecified atom stereocenters. The average molecular weight is 235 g/mol. The van der Waals surface area contributed by atoms with Crippen LogP contribution in [-0.2, 0) is 4.79 Å². The van der Waals surface area contributed by atoms with Crippen LogP contribution in [-0.4, -0.2) is 25.5 Å². The number of hydrogen-bond donors (Lipinski definition) is 2. The maximum Gasteiger partial charge on any atom is 0.219 e. The summed E-state index contributed by atoms with van der Waals surface area (Å²) in [4.78, 5) is 13.0. The van der Waals surface area contributed by atoms with Crippen molar-refractivity contribution >= 4 is 11.6 Å². The summed E-state index contributed by atoms with van der Waals surface area (Å²) < 4.78 is 0. The Morgan fingerprint density at radius 1 is 1.35 bits per heavy atom. The van der Waals surface area contributed by atoms with E-state index in [1.807, 2.05) is 12.1 Å². The predicted molar refractivity (Wildman–Crippen MR) is 70.9 cm³/mol. The minimum atomic E-state index is -0.268. The molecule has 17 heavy (non-hydrogen) atoms. The van der Waals surface area contributed by atoms with Gasteiger partial charge in [-0.2, -0.15) is 0 Å². The average Bonchev–Trinajstić information content (AvgIpc) is 2.29. The van der Waals surface area contributed by atoms with E-state index in [2.05, 4.69) is 24.0 Å². The van der Waals surface area contributed by atoms with Crippen LogP contribution in [0, 0.1) is 6.92 Å². The molecule has 4 heteroatoms. The van der Waals surface area contributed by atoms with Crippen LogP contribution in [0.5, 0.6) is 0 Å². The van der Waals surface area contributed by atoms with E-state index in [1.165, 1.54) is 5.56 Å². The lowest BCUT2D eigenvalue weighted by molar-refractivity contribution is -0.117. The van der Waals surface area contributed by atoms with E-state index < -0.39 is 0 Å². The Morgan fingerprint density at radius 2 is 2.12 bits per heavy atom. The molecular formula is C13H21N3O. The largest absolute Gasteiger partial charge is 0.371 e. The number of nitrogens with two attached hydrogens (primary N) is 2. The second-order valence-electron chi connectivity index (χ2n) is 4.18. The highest BCUT2D eigenvalue weighted by atomic mass is 16.1. The van der Waals surface area contributed by atoms with Crippen molar-refractivity contribution in [3.8, 4) is 0 Å². The lowest BCUT2D eigenvalue weighted by atomic mass is 10.2. The zero-order valence-corrected chi connectivity index (χ0v) is 10.4. The van der Waals surface area contributed by atoms with E-state index >= 15 is 0 Å². The van der Waals surface area contributed by atoms with Crippen LogP contribution < -0.4 is 16.4 Å². The third-order valence-corrected chi connectivity index (χ3v) is 2.63. The van der Waals surface area contributed by atoms with Gasteiger partial charge in [-0.1, -0.05) is 12.1 Å². The van der Waals surface area contributed by atoms with Gasteiger partial charge in [0.2, 0.25) is 5.91 Å². The molecule has 0 saturated carbocycles. The molecule has 0 bridgehead atoms. The van der Waals surface area contributed by atoms with Crippen LogP contribution in [0.2, 0.25) is 0 Å². The van der Waals surface area contributed by atoms with E-state index in [4.69, 9.17) is 11.5 Å². The summed E-state index contributed by atoms with van der Waals surface area (Å²) >= 11 is 0. The van der Waals surface area contributed by atoms with Gasteiger partial charge in [0, 0.05) is 25.2 Å². The zero-order chi connectivity index (χ0) is 12.7. The smallest absolute Gasteiger partial charge is 0.219 e. The van der Waals surface area contributed by atoms with Gasteiger partial charge in [-0.25, -0.2) is 0 Å². The van der Waals surface area contributed by atoms with Gasteiger partial charge >= 0.3 is 0 Å². The molecule has 1 amide bonds. The second kappa shape index (κ2) is 6.91. The van der Waals surface area contributed by atoms with E-state index in [0.717, 1.165) is 18.7 Å². The highest BCUT2D eigenvalue weighted by Crippen LogP contribution is 2.16. The number of nitrogens with zero attached hydrogens (tertiary/aromatic N) is 1. The molecule has 1 aromatic carbocycles. The summed E-state index contributed by atoms with van der Waals surface area (Å²) in [5.74, 6) is -0.268. The number of carbonyl (C=O) groups excluding carboxylic acids is 1. The predicted octanol–water partition coefficient (Wildman–Crippen LogP) is 1.03. The summed E-state index contributed by atoms with van der Waals surface area (Å²) in [6.45, 7) is 4.21. The van der Waals surface area contributed by atoms with E-state index in [0.29, 0.717) is 19.5 Å². The first-order valence-corrected chi connectivity index (χ1v) is 5.93.